The summed E-state index contributed by atoms with van der Waals surface area (Å²) in [5.74, 6) is 1.67. The molecule has 0 radical (unpaired) electrons. The van der Waals surface area contributed by atoms with Gasteiger partial charge in [0.2, 0.25) is 0 Å². The van der Waals surface area contributed by atoms with Crippen molar-refractivity contribution in [3.05, 3.63) is 35.9 Å². The molecule has 0 aliphatic carbocycles. The molecule has 1 aromatic carbocycles. The molecule has 2 fully saturated rings. The lowest BCUT2D eigenvalue weighted by atomic mass is 9.61. The molecule has 2 nitrogen and oxygen atoms in total. The van der Waals surface area contributed by atoms with E-state index in [9.17, 15) is 0 Å². The van der Waals surface area contributed by atoms with Crippen molar-refractivity contribution in [3.63, 3.8) is 0 Å². The molecule has 1 atom stereocenters. The fourth-order valence-electron chi connectivity index (χ4n) is 4.56. The normalized spacial score (nSPS) is 26.3. The fraction of sp³-hybridized carbons (Fsp3) is 0.684. The molecule has 116 valence electrons. The van der Waals surface area contributed by atoms with Crippen LogP contribution >= 0.6 is 0 Å². The highest BCUT2D eigenvalue weighted by Gasteiger charge is 2.43. The van der Waals surface area contributed by atoms with Gasteiger partial charge >= 0.3 is 0 Å². The third kappa shape index (κ3) is 3.32. The van der Waals surface area contributed by atoms with Crippen LogP contribution in [0.4, 0.5) is 0 Å². The molecule has 1 aromatic rings. The van der Waals surface area contributed by atoms with E-state index in [1.807, 2.05) is 0 Å². The van der Waals surface area contributed by atoms with Crippen LogP contribution < -0.4 is 5.32 Å². The van der Waals surface area contributed by atoms with Gasteiger partial charge in [0, 0.05) is 6.54 Å². The minimum atomic E-state index is 0.618. The molecule has 2 heterocycles. The van der Waals surface area contributed by atoms with Crippen LogP contribution in [-0.4, -0.2) is 31.1 Å². The Kier molecular flexibility index (Phi) is 4.66. The van der Waals surface area contributed by atoms with Crippen molar-refractivity contribution in [3.8, 4) is 0 Å². The van der Waals surface area contributed by atoms with E-state index < -0.39 is 0 Å². The molecule has 2 aliphatic rings. The molecule has 0 bridgehead atoms. The summed E-state index contributed by atoms with van der Waals surface area (Å²) in [4.78, 5) is 2.65. The Labute approximate surface area is 129 Å². The Morgan fingerprint density at radius 1 is 1.14 bits per heavy atom. The van der Waals surface area contributed by atoms with Crippen LogP contribution in [0.5, 0.6) is 0 Å². The summed E-state index contributed by atoms with van der Waals surface area (Å²) in [5.41, 5.74) is 2.08. The Bertz CT molecular complexity index is 432. The lowest BCUT2D eigenvalue weighted by Crippen LogP contribution is -2.52. The molecule has 0 amide bonds. The maximum absolute atomic E-state index is 3.63. The lowest BCUT2D eigenvalue weighted by Gasteiger charge is -2.51. The van der Waals surface area contributed by atoms with E-state index in [2.05, 4.69) is 54.4 Å². The average molecular weight is 286 g/mol. The van der Waals surface area contributed by atoms with E-state index in [-0.39, 0.29) is 0 Å². The highest BCUT2D eigenvalue weighted by Crippen LogP contribution is 2.46. The van der Waals surface area contributed by atoms with Gasteiger partial charge in [0.25, 0.3) is 0 Å². The van der Waals surface area contributed by atoms with Gasteiger partial charge in [-0.25, -0.2) is 0 Å². The van der Waals surface area contributed by atoms with Gasteiger partial charge in [0.1, 0.15) is 0 Å². The Hall–Kier alpha value is -0.860. The maximum Gasteiger partial charge on any atom is 0.0233 e. The Balaban J connectivity index is 1.61. The predicted molar refractivity (Wildman–Crippen MR) is 89.2 cm³/mol. The number of piperidine rings is 2. The van der Waals surface area contributed by atoms with Gasteiger partial charge in [-0.05, 0) is 68.3 Å². The molecular formula is C19H30N2. The smallest absolute Gasteiger partial charge is 0.0233 e. The minimum absolute atomic E-state index is 0.618. The molecule has 2 saturated heterocycles. The van der Waals surface area contributed by atoms with Crippen LogP contribution in [0.1, 0.15) is 38.7 Å². The molecule has 21 heavy (non-hydrogen) atoms. The topological polar surface area (TPSA) is 15.3 Å². The first-order chi connectivity index (χ1) is 10.2. The van der Waals surface area contributed by atoms with Gasteiger partial charge in [-0.3, -0.25) is 4.90 Å². The van der Waals surface area contributed by atoms with Crippen LogP contribution in [0.25, 0.3) is 0 Å². The van der Waals surface area contributed by atoms with Crippen LogP contribution in [0.15, 0.2) is 30.3 Å². The summed E-state index contributed by atoms with van der Waals surface area (Å²) >= 11 is 0. The van der Waals surface area contributed by atoms with E-state index in [0.717, 1.165) is 18.4 Å². The Morgan fingerprint density at radius 2 is 1.86 bits per heavy atom. The van der Waals surface area contributed by atoms with Crippen LogP contribution in [-0.2, 0) is 6.54 Å². The molecule has 2 heteroatoms. The number of likely N-dealkylation sites (tertiary alicyclic amines) is 1. The average Bonchev–Trinajstić information content (AvgIpc) is 2.51. The third-order valence-electron chi connectivity index (χ3n) is 5.86. The lowest BCUT2D eigenvalue weighted by molar-refractivity contribution is -0.000801. The molecule has 1 N–H and O–H groups in total. The van der Waals surface area contributed by atoms with Crippen molar-refractivity contribution in [2.24, 2.45) is 17.3 Å². The maximum atomic E-state index is 3.63. The highest BCUT2D eigenvalue weighted by molar-refractivity contribution is 5.14. The van der Waals surface area contributed by atoms with E-state index >= 15 is 0 Å². The van der Waals surface area contributed by atoms with Crippen molar-refractivity contribution < 1.29 is 0 Å². The van der Waals surface area contributed by atoms with E-state index in [1.165, 1.54) is 51.0 Å². The molecule has 2 aliphatic heterocycles. The molecule has 0 saturated carbocycles. The summed E-state index contributed by atoms with van der Waals surface area (Å²) in [6, 6.07) is 10.9. The zero-order valence-electron chi connectivity index (χ0n) is 13.6. The number of benzene rings is 1. The zero-order valence-corrected chi connectivity index (χ0v) is 13.6. The highest BCUT2D eigenvalue weighted by atomic mass is 15.1. The standard InChI is InChI=1S/C19H30N2/c1-16(2)18-14-20-11-8-19(18)9-12-21(13-10-19)15-17-6-4-3-5-7-17/h3-7,16,18,20H,8-15H2,1-2H3. The number of nitrogens with zero attached hydrogens (tertiary/aromatic N) is 1. The minimum Gasteiger partial charge on any atom is -0.316 e. The van der Waals surface area contributed by atoms with E-state index in [1.54, 1.807) is 0 Å². The van der Waals surface area contributed by atoms with Crippen molar-refractivity contribution in [1.82, 2.24) is 10.2 Å². The summed E-state index contributed by atoms with van der Waals surface area (Å²) < 4.78 is 0. The van der Waals surface area contributed by atoms with Crippen molar-refractivity contribution in [1.29, 1.82) is 0 Å². The molecule has 3 rings (SSSR count). The predicted octanol–water partition coefficient (Wildman–Crippen LogP) is 3.53. The second-order valence-corrected chi connectivity index (χ2v) is 7.43. The summed E-state index contributed by atoms with van der Waals surface area (Å²) in [5, 5.41) is 3.63. The van der Waals surface area contributed by atoms with E-state index in [4.69, 9.17) is 0 Å². The molecule has 0 aromatic heterocycles. The quantitative estimate of drug-likeness (QED) is 0.914. The first-order valence-electron chi connectivity index (χ1n) is 8.67. The van der Waals surface area contributed by atoms with Gasteiger partial charge in [-0.1, -0.05) is 44.2 Å². The second kappa shape index (κ2) is 6.50. The Morgan fingerprint density at radius 3 is 2.52 bits per heavy atom. The summed E-state index contributed by atoms with van der Waals surface area (Å²) in [6.45, 7) is 11.0. The van der Waals surface area contributed by atoms with Crippen LogP contribution in [0.3, 0.4) is 0 Å². The fourth-order valence-corrected chi connectivity index (χ4v) is 4.56. The van der Waals surface area contributed by atoms with Crippen molar-refractivity contribution >= 4 is 0 Å². The van der Waals surface area contributed by atoms with Crippen molar-refractivity contribution in [2.75, 3.05) is 26.2 Å². The van der Waals surface area contributed by atoms with Crippen molar-refractivity contribution in [2.45, 2.75) is 39.7 Å². The number of nitrogens with one attached hydrogen (secondary N) is 1. The first-order valence-corrected chi connectivity index (χ1v) is 8.67. The van der Waals surface area contributed by atoms with Gasteiger partial charge in [0.05, 0.1) is 0 Å². The number of rotatable bonds is 3. The van der Waals surface area contributed by atoms with E-state index in [0.29, 0.717) is 5.41 Å². The largest absolute Gasteiger partial charge is 0.316 e. The number of hydrogen-bond acceptors (Lipinski definition) is 2. The summed E-state index contributed by atoms with van der Waals surface area (Å²) in [6.07, 6.45) is 4.17. The van der Waals surface area contributed by atoms with Crippen LogP contribution in [0, 0.1) is 17.3 Å². The second-order valence-electron chi connectivity index (χ2n) is 7.43. The molecular weight excluding hydrogens is 256 g/mol. The van der Waals surface area contributed by atoms with Crippen LogP contribution in [0.2, 0.25) is 0 Å². The van der Waals surface area contributed by atoms with Gasteiger partial charge in [0.15, 0.2) is 0 Å². The summed E-state index contributed by atoms with van der Waals surface area (Å²) in [7, 11) is 0. The van der Waals surface area contributed by atoms with Gasteiger partial charge in [-0.15, -0.1) is 0 Å². The first kappa shape index (κ1) is 15.1. The van der Waals surface area contributed by atoms with Gasteiger partial charge in [-0.2, -0.15) is 0 Å². The number of hydrogen-bond donors (Lipinski definition) is 1. The monoisotopic (exact) mass is 286 g/mol. The molecule has 1 spiro atoms. The molecule has 1 unspecified atom stereocenters. The SMILES string of the molecule is CC(C)C1CNCCC12CCN(Cc1ccccc1)CC2. The van der Waals surface area contributed by atoms with Gasteiger partial charge < -0.3 is 5.32 Å². The zero-order chi connectivity index (χ0) is 14.7. The third-order valence-corrected chi connectivity index (χ3v) is 5.86.